The van der Waals surface area contributed by atoms with Crippen LogP contribution in [0.15, 0.2) is 71.6 Å². The molecule has 0 spiro atoms. The van der Waals surface area contributed by atoms with Gasteiger partial charge in [-0.25, -0.2) is 0 Å². The molecule has 3 amide bonds. The van der Waals surface area contributed by atoms with Crippen LogP contribution in [0.4, 0.5) is 16.2 Å². The number of nitrogens with one attached hydrogen (secondary N) is 1. The van der Waals surface area contributed by atoms with E-state index in [1.807, 2.05) is 0 Å². The summed E-state index contributed by atoms with van der Waals surface area (Å²) < 4.78 is 5.66. The first-order chi connectivity index (χ1) is 17.7. The van der Waals surface area contributed by atoms with Crippen molar-refractivity contribution < 1.29 is 24.0 Å². The normalized spacial score (nSPS) is 14.2. The van der Waals surface area contributed by atoms with E-state index in [9.17, 15) is 24.5 Å². The van der Waals surface area contributed by atoms with Crippen molar-refractivity contribution in [1.82, 2.24) is 4.90 Å². The van der Waals surface area contributed by atoms with E-state index in [2.05, 4.69) is 5.32 Å². The molecular weight excluding hydrogens is 541 g/mol. The zero-order chi connectivity index (χ0) is 26.5. The molecule has 0 unspecified atom stereocenters. The second-order valence-corrected chi connectivity index (χ2v) is 9.58. The molecule has 1 fully saturated rings. The molecule has 0 radical (unpaired) electrons. The minimum atomic E-state index is -0.529. The second kappa shape index (κ2) is 11.5. The Morgan fingerprint density at radius 2 is 1.70 bits per heavy atom. The minimum absolute atomic E-state index is 0.0379. The van der Waals surface area contributed by atoms with Gasteiger partial charge in [0.15, 0.2) is 6.61 Å². The summed E-state index contributed by atoms with van der Waals surface area (Å²) in [5.74, 6) is -0.649. The molecule has 1 saturated heterocycles. The summed E-state index contributed by atoms with van der Waals surface area (Å²) in [6.45, 7) is -0.351. The van der Waals surface area contributed by atoms with E-state index in [1.54, 1.807) is 42.5 Å². The number of nitro benzene ring substituents is 1. The lowest BCUT2D eigenvalue weighted by Crippen LogP contribution is -2.27. The molecule has 3 aromatic rings. The fourth-order valence-corrected chi connectivity index (χ4v) is 4.46. The molecule has 0 bridgehead atoms. The summed E-state index contributed by atoms with van der Waals surface area (Å²) in [7, 11) is 0. The molecule has 37 heavy (non-hydrogen) atoms. The second-order valence-electron chi connectivity index (χ2n) is 7.72. The van der Waals surface area contributed by atoms with E-state index in [4.69, 9.17) is 27.9 Å². The first kappa shape index (κ1) is 26.2. The van der Waals surface area contributed by atoms with Crippen LogP contribution in [0, 0.1) is 10.1 Å². The third kappa shape index (κ3) is 6.67. The van der Waals surface area contributed by atoms with E-state index in [0.717, 1.165) is 16.7 Å². The smallest absolute Gasteiger partial charge is 0.293 e. The third-order valence-corrected chi connectivity index (χ3v) is 6.50. The number of hydrogen-bond acceptors (Lipinski definition) is 7. The SMILES string of the molecule is O=C(COc1ccc(Cl)cc1/C=C1\SC(=O)N(Cc2ccc([N+](=O)[O-])cc2)C1=O)Nc1ccc(Cl)cc1. The van der Waals surface area contributed by atoms with Crippen LogP contribution in [0.5, 0.6) is 5.75 Å². The van der Waals surface area contributed by atoms with Crippen LogP contribution in [0.25, 0.3) is 6.08 Å². The molecule has 1 N–H and O–H groups in total. The first-order valence-corrected chi connectivity index (χ1v) is 12.2. The Morgan fingerprint density at radius 3 is 2.38 bits per heavy atom. The van der Waals surface area contributed by atoms with Gasteiger partial charge in [-0.15, -0.1) is 0 Å². The zero-order valence-corrected chi connectivity index (χ0v) is 21.2. The fourth-order valence-electron chi connectivity index (χ4n) is 3.32. The number of nitro groups is 1. The number of benzene rings is 3. The molecule has 0 aliphatic carbocycles. The average molecular weight is 558 g/mol. The van der Waals surface area contributed by atoms with Crippen LogP contribution in [-0.2, 0) is 16.1 Å². The summed E-state index contributed by atoms with van der Waals surface area (Å²) in [6.07, 6.45) is 1.47. The first-order valence-electron chi connectivity index (χ1n) is 10.7. The maximum atomic E-state index is 12.9. The van der Waals surface area contributed by atoms with Gasteiger partial charge in [-0.1, -0.05) is 35.3 Å². The third-order valence-electron chi connectivity index (χ3n) is 5.11. The van der Waals surface area contributed by atoms with Gasteiger partial charge >= 0.3 is 0 Å². The van der Waals surface area contributed by atoms with E-state index in [1.165, 1.54) is 30.3 Å². The van der Waals surface area contributed by atoms with Crippen molar-refractivity contribution in [1.29, 1.82) is 0 Å². The van der Waals surface area contributed by atoms with Gasteiger partial charge < -0.3 is 10.1 Å². The van der Waals surface area contributed by atoms with Gasteiger partial charge in [-0.05, 0) is 65.9 Å². The molecule has 12 heteroatoms. The van der Waals surface area contributed by atoms with Crippen molar-refractivity contribution in [3.63, 3.8) is 0 Å². The minimum Gasteiger partial charge on any atom is -0.483 e. The predicted octanol–water partition coefficient (Wildman–Crippen LogP) is 6.16. The topological polar surface area (TPSA) is 119 Å². The summed E-state index contributed by atoms with van der Waals surface area (Å²) in [6, 6.07) is 16.9. The summed E-state index contributed by atoms with van der Waals surface area (Å²) in [4.78, 5) is 49.3. The Hall–Kier alpha value is -3.86. The van der Waals surface area contributed by atoms with E-state index in [-0.39, 0.29) is 29.5 Å². The summed E-state index contributed by atoms with van der Waals surface area (Å²) >= 11 is 12.7. The number of imide groups is 1. The van der Waals surface area contributed by atoms with Crippen LogP contribution >= 0.6 is 35.0 Å². The van der Waals surface area contributed by atoms with Crippen LogP contribution in [-0.4, -0.2) is 33.5 Å². The Labute approximate surface area is 225 Å². The van der Waals surface area contributed by atoms with Crippen LogP contribution in [0.2, 0.25) is 10.0 Å². The van der Waals surface area contributed by atoms with E-state index >= 15 is 0 Å². The van der Waals surface area contributed by atoms with Crippen LogP contribution in [0.1, 0.15) is 11.1 Å². The number of carbonyl (C=O) groups is 3. The van der Waals surface area contributed by atoms with Crippen LogP contribution < -0.4 is 10.1 Å². The number of nitrogens with zero attached hydrogens (tertiary/aromatic N) is 2. The zero-order valence-electron chi connectivity index (χ0n) is 18.9. The lowest BCUT2D eigenvalue weighted by atomic mass is 10.1. The maximum absolute atomic E-state index is 12.9. The molecular formula is C25H17Cl2N3O6S. The van der Waals surface area contributed by atoms with Gasteiger partial charge in [0.2, 0.25) is 0 Å². The Kier molecular flexibility index (Phi) is 8.12. The number of non-ortho nitro benzene ring substituents is 1. The highest BCUT2D eigenvalue weighted by Gasteiger charge is 2.35. The average Bonchev–Trinajstić information content (AvgIpc) is 3.12. The Balaban J connectivity index is 1.46. The lowest BCUT2D eigenvalue weighted by molar-refractivity contribution is -0.384. The molecule has 3 aromatic carbocycles. The van der Waals surface area contributed by atoms with Gasteiger partial charge in [-0.3, -0.25) is 29.4 Å². The molecule has 1 aliphatic heterocycles. The molecule has 4 rings (SSSR count). The fraction of sp³-hybridized carbons (Fsp3) is 0.0800. The highest BCUT2D eigenvalue weighted by atomic mass is 35.5. The molecule has 0 aromatic heterocycles. The molecule has 0 atom stereocenters. The highest BCUT2D eigenvalue weighted by Crippen LogP contribution is 2.35. The number of ether oxygens (including phenoxy) is 1. The Bertz CT molecular complexity index is 1410. The number of amides is 3. The van der Waals surface area contributed by atoms with Crippen molar-refractivity contribution in [3.05, 3.63) is 103 Å². The quantitative estimate of drug-likeness (QED) is 0.200. The summed E-state index contributed by atoms with van der Waals surface area (Å²) in [5, 5.41) is 13.9. The van der Waals surface area contributed by atoms with Crippen molar-refractivity contribution in [3.8, 4) is 5.75 Å². The number of thioether (sulfide) groups is 1. The van der Waals surface area contributed by atoms with Crippen molar-refractivity contribution in [2.45, 2.75) is 6.54 Å². The number of halogens is 2. The van der Waals surface area contributed by atoms with Gasteiger partial charge in [0.05, 0.1) is 16.4 Å². The van der Waals surface area contributed by atoms with Gasteiger partial charge in [0.1, 0.15) is 5.75 Å². The standard InChI is InChI=1S/C25H17Cl2N3O6S/c26-17-3-6-19(7-4-17)28-23(31)14-36-21-10-5-18(27)11-16(21)12-22-24(32)29(25(33)37-22)13-15-1-8-20(9-2-15)30(34)35/h1-12H,13-14H2,(H,28,31)/b22-12-. The number of hydrogen-bond donors (Lipinski definition) is 1. The van der Waals surface area contributed by atoms with E-state index < -0.39 is 22.0 Å². The summed E-state index contributed by atoms with van der Waals surface area (Å²) in [5.41, 5.74) is 1.43. The number of rotatable bonds is 8. The highest BCUT2D eigenvalue weighted by molar-refractivity contribution is 8.18. The lowest BCUT2D eigenvalue weighted by Gasteiger charge is -2.12. The van der Waals surface area contributed by atoms with Gasteiger partial charge in [0, 0.05) is 33.4 Å². The van der Waals surface area contributed by atoms with Crippen molar-refractivity contribution >= 4 is 69.5 Å². The molecule has 0 saturated carbocycles. The molecule has 1 aliphatic rings. The monoisotopic (exact) mass is 557 g/mol. The number of carbonyl (C=O) groups excluding carboxylic acids is 3. The molecule has 9 nitrogen and oxygen atoms in total. The van der Waals surface area contributed by atoms with Crippen LogP contribution in [0.3, 0.4) is 0 Å². The number of anilines is 1. The largest absolute Gasteiger partial charge is 0.483 e. The van der Waals surface area contributed by atoms with Crippen molar-refractivity contribution in [2.75, 3.05) is 11.9 Å². The van der Waals surface area contributed by atoms with Crippen molar-refractivity contribution in [2.24, 2.45) is 0 Å². The van der Waals surface area contributed by atoms with Gasteiger partial charge in [-0.2, -0.15) is 0 Å². The molecule has 1 heterocycles. The predicted molar refractivity (Wildman–Crippen MR) is 142 cm³/mol. The molecule has 188 valence electrons. The Morgan fingerprint density at radius 1 is 1.03 bits per heavy atom. The van der Waals surface area contributed by atoms with E-state index in [0.29, 0.717) is 26.9 Å². The maximum Gasteiger partial charge on any atom is 0.293 e. The van der Waals surface area contributed by atoms with Gasteiger partial charge in [0.25, 0.3) is 22.7 Å².